The van der Waals surface area contributed by atoms with Crippen LogP contribution in [-0.2, 0) is 9.53 Å². The lowest BCUT2D eigenvalue weighted by molar-refractivity contribution is -0.142. The zero-order valence-electron chi connectivity index (χ0n) is 5.30. The molecule has 0 amide bonds. The highest BCUT2D eigenvalue weighted by atomic mass is 16.5. The normalized spacial score (nSPS) is 34.7. The molecule has 2 heteroatoms. The van der Waals surface area contributed by atoms with E-state index in [4.69, 9.17) is 4.74 Å². The van der Waals surface area contributed by atoms with Gasteiger partial charge in [-0.05, 0) is 25.2 Å². The largest absolute Gasteiger partial charge is 0.462 e. The molecule has 1 aliphatic heterocycles. The minimum Gasteiger partial charge on any atom is -0.462 e. The molecule has 2 rings (SSSR count). The second-order valence-corrected chi connectivity index (χ2v) is 2.90. The third kappa shape index (κ3) is 0.934. The number of hydrogen-bond donors (Lipinski definition) is 0. The van der Waals surface area contributed by atoms with E-state index in [1.807, 2.05) is 0 Å². The topological polar surface area (TPSA) is 26.3 Å². The molecule has 0 aromatic carbocycles. The lowest BCUT2D eigenvalue weighted by Gasteiger charge is -2.04. The van der Waals surface area contributed by atoms with E-state index in [9.17, 15) is 4.79 Å². The third-order valence-electron chi connectivity index (χ3n) is 2.06. The molecule has 0 N–H and O–H groups in total. The van der Waals surface area contributed by atoms with Crippen molar-refractivity contribution in [2.24, 2.45) is 5.92 Å². The zero-order valence-corrected chi connectivity index (χ0v) is 5.30. The number of carbonyl (C=O) groups is 1. The van der Waals surface area contributed by atoms with E-state index in [-0.39, 0.29) is 5.97 Å². The molecule has 0 radical (unpaired) electrons. The smallest absolute Gasteiger partial charge is 0.306 e. The van der Waals surface area contributed by atoms with Crippen LogP contribution in [0.3, 0.4) is 0 Å². The first-order valence-electron chi connectivity index (χ1n) is 3.56. The van der Waals surface area contributed by atoms with Crippen LogP contribution in [0.2, 0.25) is 0 Å². The maximum Gasteiger partial charge on any atom is 0.306 e. The SMILES string of the molecule is O=C1CCC(C2CC2)O1. The first kappa shape index (κ1) is 5.27. The summed E-state index contributed by atoms with van der Waals surface area (Å²) in [7, 11) is 0. The van der Waals surface area contributed by atoms with E-state index in [0.717, 1.165) is 12.3 Å². The molecule has 9 heavy (non-hydrogen) atoms. The second-order valence-electron chi connectivity index (χ2n) is 2.90. The molecule has 1 saturated carbocycles. The summed E-state index contributed by atoms with van der Waals surface area (Å²) in [6.45, 7) is 0. The van der Waals surface area contributed by atoms with E-state index >= 15 is 0 Å². The van der Waals surface area contributed by atoms with Crippen LogP contribution in [0.4, 0.5) is 0 Å². The Balaban J connectivity index is 1.92. The van der Waals surface area contributed by atoms with Crippen LogP contribution >= 0.6 is 0 Å². The molecule has 2 aliphatic rings. The Kier molecular flexibility index (Phi) is 1.01. The van der Waals surface area contributed by atoms with Crippen molar-refractivity contribution in [3.8, 4) is 0 Å². The van der Waals surface area contributed by atoms with E-state index in [0.29, 0.717) is 12.5 Å². The van der Waals surface area contributed by atoms with Gasteiger partial charge >= 0.3 is 5.97 Å². The van der Waals surface area contributed by atoms with Crippen molar-refractivity contribution in [1.82, 2.24) is 0 Å². The summed E-state index contributed by atoms with van der Waals surface area (Å²) >= 11 is 0. The van der Waals surface area contributed by atoms with Crippen molar-refractivity contribution in [1.29, 1.82) is 0 Å². The molecule has 2 nitrogen and oxygen atoms in total. The Labute approximate surface area is 54.2 Å². The molecular formula is C7H10O2. The molecule has 0 spiro atoms. The highest BCUT2D eigenvalue weighted by Gasteiger charge is 2.37. The van der Waals surface area contributed by atoms with Crippen LogP contribution < -0.4 is 0 Å². The number of carbonyl (C=O) groups excluding carboxylic acids is 1. The molecule has 2 fully saturated rings. The molecule has 0 aromatic heterocycles. The molecule has 0 bridgehead atoms. The van der Waals surface area contributed by atoms with Gasteiger partial charge in [0, 0.05) is 6.42 Å². The fourth-order valence-corrected chi connectivity index (χ4v) is 1.35. The van der Waals surface area contributed by atoms with Crippen LogP contribution in [0.25, 0.3) is 0 Å². The molecule has 0 aromatic rings. The summed E-state index contributed by atoms with van der Waals surface area (Å²) in [4.78, 5) is 10.6. The maximum atomic E-state index is 10.6. The van der Waals surface area contributed by atoms with E-state index in [1.54, 1.807) is 0 Å². The Hall–Kier alpha value is -0.530. The highest BCUT2D eigenvalue weighted by molar-refractivity contribution is 5.71. The molecule has 50 valence electrons. The van der Waals surface area contributed by atoms with E-state index in [1.165, 1.54) is 12.8 Å². The summed E-state index contributed by atoms with van der Waals surface area (Å²) in [6.07, 6.45) is 4.48. The average molecular weight is 126 g/mol. The van der Waals surface area contributed by atoms with Gasteiger partial charge in [-0.3, -0.25) is 4.79 Å². The number of rotatable bonds is 1. The second kappa shape index (κ2) is 1.72. The summed E-state index contributed by atoms with van der Waals surface area (Å²) in [5.74, 6) is 0.739. The number of cyclic esters (lactones) is 1. The first-order valence-corrected chi connectivity index (χ1v) is 3.56. The summed E-state index contributed by atoms with van der Waals surface area (Å²) in [5.41, 5.74) is 0. The van der Waals surface area contributed by atoms with Gasteiger partial charge in [0.15, 0.2) is 0 Å². The lowest BCUT2D eigenvalue weighted by atomic mass is 10.2. The predicted molar refractivity (Wildman–Crippen MR) is 31.8 cm³/mol. The fraction of sp³-hybridized carbons (Fsp3) is 0.857. The number of esters is 1. The number of ether oxygens (including phenoxy) is 1. The lowest BCUT2D eigenvalue weighted by Crippen LogP contribution is -2.08. The van der Waals surface area contributed by atoms with Crippen LogP contribution in [0.1, 0.15) is 25.7 Å². The minimum absolute atomic E-state index is 0.00639. The van der Waals surface area contributed by atoms with Crippen molar-refractivity contribution < 1.29 is 9.53 Å². The maximum absolute atomic E-state index is 10.6. The van der Waals surface area contributed by atoms with Crippen LogP contribution in [-0.4, -0.2) is 12.1 Å². The monoisotopic (exact) mass is 126 g/mol. The van der Waals surface area contributed by atoms with Gasteiger partial charge in [-0.25, -0.2) is 0 Å². The van der Waals surface area contributed by atoms with Crippen molar-refractivity contribution in [2.75, 3.05) is 0 Å². The Morgan fingerprint density at radius 1 is 1.33 bits per heavy atom. The Morgan fingerprint density at radius 3 is 2.56 bits per heavy atom. The van der Waals surface area contributed by atoms with Gasteiger partial charge in [0.25, 0.3) is 0 Å². The first-order chi connectivity index (χ1) is 4.36. The zero-order chi connectivity index (χ0) is 6.27. The molecule has 1 heterocycles. The highest BCUT2D eigenvalue weighted by Crippen LogP contribution is 2.38. The van der Waals surface area contributed by atoms with Crippen LogP contribution in [0.15, 0.2) is 0 Å². The molecule has 1 aliphatic carbocycles. The van der Waals surface area contributed by atoms with Crippen molar-refractivity contribution >= 4 is 5.97 Å². The van der Waals surface area contributed by atoms with Gasteiger partial charge in [0.1, 0.15) is 6.10 Å². The van der Waals surface area contributed by atoms with Gasteiger partial charge < -0.3 is 4.74 Å². The predicted octanol–water partition coefficient (Wildman–Crippen LogP) is 1.10. The minimum atomic E-state index is 0.00639. The third-order valence-corrected chi connectivity index (χ3v) is 2.06. The molecule has 1 unspecified atom stereocenters. The average Bonchev–Trinajstić information content (AvgIpc) is 2.58. The van der Waals surface area contributed by atoms with E-state index < -0.39 is 0 Å². The van der Waals surface area contributed by atoms with Gasteiger partial charge in [0.05, 0.1) is 0 Å². The standard InChI is InChI=1S/C7H10O2/c8-7-4-3-6(9-7)5-1-2-5/h5-6H,1-4H2. The molecular weight excluding hydrogens is 116 g/mol. The summed E-state index contributed by atoms with van der Waals surface area (Å²) in [5, 5.41) is 0. The van der Waals surface area contributed by atoms with Gasteiger partial charge in [0.2, 0.25) is 0 Å². The summed E-state index contributed by atoms with van der Waals surface area (Å²) < 4.78 is 5.05. The van der Waals surface area contributed by atoms with Crippen LogP contribution in [0.5, 0.6) is 0 Å². The van der Waals surface area contributed by atoms with Gasteiger partial charge in [-0.1, -0.05) is 0 Å². The Morgan fingerprint density at radius 2 is 2.11 bits per heavy atom. The fourth-order valence-electron chi connectivity index (χ4n) is 1.35. The van der Waals surface area contributed by atoms with Crippen LogP contribution in [0, 0.1) is 5.92 Å². The van der Waals surface area contributed by atoms with Crippen molar-refractivity contribution in [2.45, 2.75) is 31.8 Å². The molecule has 1 atom stereocenters. The van der Waals surface area contributed by atoms with Crippen molar-refractivity contribution in [3.63, 3.8) is 0 Å². The summed E-state index contributed by atoms with van der Waals surface area (Å²) in [6, 6.07) is 0. The van der Waals surface area contributed by atoms with Gasteiger partial charge in [-0.2, -0.15) is 0 Å². The Bertz CT molecular complexity index is 138. The quantitative estimate of drug-likeness (QED) is 0.492. The number of hydrogen-bond acceptors (Lipinski definition) is 2. The van der Waals surface area contributed by atoms with Crippen molar-refractivity contribution in [3.05, 3.63) is 0 Å². The van der Waals surface area contributed by atoms with Gasteiger partial charge in [-0.15, -0.1) is 0 Å². The molecule has 1 saturated heterocycles. The van der Waals surface area contributed by atoms with E-state index in [2.05, 4.69) is 0 Å².